The highest BCUT2D eigenvalue weighted by atomic mass is 32.2. The van der Waals surface area contributed by atoms with Gasteiger partial charge >= 0.3 is 0 Å². The fourth-order valence-electron chi connectivity index (χ4n) is 2.97. The molecule has 1 aliphatic heterocycles. The number of rotatable bonds is 5. The fraction of sp³-hybridized carbons (Fsp3) is 0.368. The maximum atomic E-state index is 13.0. The smallest absolute Gasteiger partial charge is 0.251 e. The topological polar surface area (TPSA) is 82.6 Å². The zero-order valence-electron chi connectivity index (χ0n) is 15.6. The van der Waals surface area contributed by atoms with E-state index in [-0.39, 0.29) is 10.8 Å². The highest BCUT2D eigenvalue weighted by Crippen LogP contribution is 2.22. The van der Waals surface area contributed by atoms with E-state index in [9.17, 15) is 13.2 Å². The lowest BCUT2D eigenvalue weighted by Crippen LogP contribution is -2.47. The van der Waals surface area contributed by atoms with Gasteiger partial charge in [0.05, 0.1) is 4.90 Å². The van der Waals surface area contributed by atoms with E-state index in [2.05, 4.69) is 15.2 Å². The van der Waals surface area contributed by atoms with Gasteiger partial charge in [-0.15, -0.1) is 0 Å². The number of likely N-dealkylation sites (N-methyl/N-ethyl adjacent to an activating group) is 1. The number of sulfonamides is 1. The molecule has 27 heavy (non-hydrogen) atoms. The molecule has 7 nitrogen and oxygen atoms in total. The Labute approximate surface area is 160 Å². The molecule has 0 spiro atoms. The van der Waals surface area contributed by atoms with Crippen LogP contribution in [0.4, 0.5) is 0 Å². The van der Waals surface area contributed by atoms with Gasteiger partial charge in [0.2, 0.25) is 10.0 Å². The number of hydrogen-bond donors (Lipinski definition) is 1. The number of pyridine rings is 1. The highest BCUT2D eigenvalue weighted by molar-refractivity contribution is 7.89. The Morgan fingerprint density at radius 1 is 1.19 bits per heavy atom. The van der Waals surface area contributed by atoms with Crippen LogP contribution >= 0.6 is 0 Å². The quantitative estimate of drug-likeness (QED) is 0.834. The molecule has 0 saturated carbocycles. The van der Waals surface area contributed by atoms with Gasteiger partial charge in [-0.1, -0.05) is 12.1 Å². The molecule has 1 aliphatic rings. The number of nitrogens with one attached hydrogen (secondary N) is 1. The van der Waals surface area contributed by atoms with Gasteiger partial charge in [-0.2, -0.15) is 4.31 Å². The normalized spacial score (nSPS) is 16.2. The number of amides is 1. The molecule has 0 atom stereocenters. The predicted octanol–water partition coefficient (Wildman–Crippen LogP) is 1.26. The van der Waals surface area contributed by atoms with E-state index in [1.54, 1.807) is 37.5 Å². The van der Waals surface area contributed by atoms with E-state index >= 15 is 0 Å². The summed E-state index contributed by atoms with van der Waals surface area (Å²) in [5.74, 6) is -0.311. The Bertz CT molecular complexity index is 908. The first kappa shape index (κ1) is 19.5. The minimum Gasteiger partial charge on any atom is -0.348 e. The number of carbonyl (C=O) groups is 1. The van der Waals surface area contributed by atoms with E-state index in [4.69, 9.17) is 0 Å². The lowest BCUT2D eigenvalue weighted by atomic mass is 10.1. The van der Waals surface area contributed by atoms with E-state index in [1.807, 2.05) is 13.1 Å². The number of hydrogen-bond acceptors (Lipinski definition) is 5. The maximum Gasteiger partial charge on any atom is 0.251 e. The standard InChI is InChI=1S/C19H24N4O3S/c1-15-5-6-17(19(24)21-14-16-4-3-7-20-13-16)12-18(15)27(25,26)23-10-8-22(2)9-11-23/h3-7,12-13H,8-11,14H2,1-2H3,(H,21,24). The minimum atomic E-state index is -3.62. The van der Waals surface area contributed by atoms with Crippen molar-refractivity contribution in [1.82, 2.24) is 19.5 Å². The van der Waals surface area contributed by atoms with Gasteiger partial charge in [0.25, 0.3) is 5.91 Å². The molecule has 0 unspecified atom stereocenters. The average molecular weight is 388 g/mol. The zero-order chi connectivity index (χ0) is 19.4. The Kier molecular flexibility index (Phi) is 5.88. The first-order chi connectivity index (χ1) is 12.9. The van der Waals surface area contributed by atoms with Crippen LogP contribution in [-0.4, -0.2) is 61.7 Å². The molecule has 144 valence electrons. The maximum absolute atomic E-state index is 13.0. The van der Waals surface area contributed by atoms with Crippen LogP contribution in [0.25, 0.3) is 0 Å². The van der Waals surface area contributed by atoms with Crippen molar-refractivity contribution in [3.05, 3.63) is 59.4 Å². The van der Waals surface area contributed by atoms with Crippen molar-refractivity contribution in [3.8, 4) is 0 Å². The molecule has 1 saturated heterocycles. The summed E-state index contributed by atoms with van der Waals surface area (Å²) >= 11 is 0. The summed E-state index contributed by atoms with van der Waals surface area (Å²) in [5.41, 5.74) is 1.85. The van der Waals surface area contributed by atoms with Crippen LogP contribution in [0.15, 0.2) is 47.6 Å². The zero-order valence-corrected chi connectivity index (χ0v) is 16.4. The van der Waals surface area contributed by atoms with Gasteiger partial charge in [-0.25, -0.2) is 8.42 Å². The Hall–Kier alpha value is -2.29. The summed E-state index contributed by atoms with van der Waals surface area (Å²) in [7, 11) is -1.65. The number of piperazine rings is 1. The number of aryl methyl sites for hydroxylation is 1. The molecule has 1 amide bonds. The van der Waals surface area contributed by atoms with E-state index in [1.165, 1.54) is 10.4 Å². The van der Waals surface area contributed by atoms with Crippen molar-refractivity contribution in [2.75, 3.05) is 33.2 Å². The third-order valence-corrected chi connectivity index (χ3v) is 6.75. The second kappa shape index (κ2) is 8.16. The molecule has 3 rings (SSSR count). The minimum absolute atomic E-state index is 0.195. The van der Waals surface area contributed by atoms with Gasteiger partial charge in [-0.3, -0.25) is 9.78 Å². The van der Waals surface area contributed by atoms with Crippen molar-refractivity contribution >= 4 is 15.9 Å². The van der Waals surface area contributed by atoms with E-state index < -0.39 is 10.0 Å². The lowest BCUT2D eigenvalue weighted by molar-refractivity contribution is 0.0950. The van der Waals surface area contributed by atoms with Crippen LogP contribution in [0.5, 0.6) is 0 Å². The van der Waals surface area contributed by atoms with Gasteiger partial charge < -0.3 is 10.2 Å². The molecule has 1 N–H and O–H groups in total. The molecule has 1 aromatic carbocycles. The van der Waals surface area contributed by atoms with Crippen LogP contribution < -0.4 is 5.32 Å². The third kappa shape index (κ3) is 4.52. The number of aromatic nitrogens is 1. The third-order valence-electron chi connectivity index (χ3n) is 4.71. The van der Waals surface area contributed by atoms with Gasteiger partial charge in [0.1, 0.15) is 0 Å². The van der Waals surface area contributed by atoms with Gasteiger partial charge in [-0.05, 0) is 43.3 Å². The van der Waals surface area contributed by atoms with Crippen LogP contribution in [0.3, 0.4) is 0 Å². The summed E-state index contributed by atoms with van der Waals surface area (Å²) in [5, 5.41) is 2.80. The SMILES string of the molecule is Cc1ccc(C(=O)NCc2cccnc2)cc1S(=O)(=O)N1CCN(C)CC1. The second-order valence-electron chi connectivity index (χ2n) is 6.73. The number of benzene rings is 1. The van der Waals surface area contributed by atoms with Crippen molar-refractivity contribution in [3.63, 3.8) is 0 Å². The Balaban J connectivity index is 1.78. The number of nitrogens with zero attached hydrogens (tertiary/aromatic N) is 3. The van der Waals surface area contributed by atoms with Crippen molar-refractivity contribution < 1.29 is 13.2 Å². The summed E-state index contributed by atoms with van der Waals surface area (Å²) in [6, 6.07) is 8.47. The lowest BCUT2D eigenvalue weighted by Gasteiger charge is -2.32. The first-order valence-electron chi connectivity index (χ1n) is 8.84. The molecule has 8 heteroatoms. The van der Waals surface area contributed by atoms with Crippen LogP contribution in [-0.2, 0) is 16.6 Å². The molecule has 1 aromatic heterocycles. The molecular weight excluding hydrogens is 364 g/mol. The predicted molar refractivity (Wildman–Crippen MR) is 103 cm³/mol. The van der Waals surface area contributed by atoms with Crippen molar-refractivity contribution in [1.29, 1.82) is 0 Å². The van der Waals surface area contributed by atoms with E-state index in [0.717, 1.165) is 5.56 Å². The summed E-state index contributed by atoms with van der Waals surface area (Å²) in [4.78, 5) is 18.8. The van der Waals surface area contributed by atoms with Crippen LogP contribution in [0.2, 0.25) is 0 Å². The fourth-order valence-corrected chi connectivity index (χ4v) is 4.65. The molecule has 0 radical (unpaired) electrons. The molecule has 0 aliphatic carbocycles. The second-order valence-corrected chi connectivity index (χ2v) is 8.64. The van der Waals surface area contributed by atoms with Crippen LogP contribution in [0.1, 0.15) is 21.5 Å². The molecule has 1 fully saturated rings. The Morgan fingerprint density at radius 2 is 1.93 bits per heavy atom. The van der Waals surface area contributed by atoms with Crippen molar-refractivity contribution in [2.45, 2.75) is 18.4 Å². The van der Waals surface area contributed by atoms with E-state index in [0.29, 0.717) is 43.9 Å². The summed E-state index contributed by atoms with van der Waals surface area (Å²) in [6.07, 6.45) is 3.35. The van der Waals surface area contributed by atoms with Crippen LogP contribution in [0, 0.1) is 6.92 Å². The average Bonchev–Trinajstić information content (AvgIpc) is 2.67. The van der Waals surface area contributed by atoms with Gasteiger partial charge in [0.15, 0.2) is 0 Å². The Morgan fingerprint density at radius 3 is 2.59 bits per heavy atom. The summed E-state index contributed by atoms with van der Waals surface area (Å²) < 4.78 is 27.6. The number of carbonyl (C=O) groups excluding carboxylic acids is 1. The van der Waals surface area contributed by atoms with Gasteiger partial charge in [0, 0.05) is 50.7 Å². The molecular formula is C19H24N4O3S. The highest BCUT2D eigenvalue weighted by Gasteiger charge is 2.29. The summed E-state index contributed by atoms with van der Waals surface area (Å²) in [6.45, 7) is 4.39. The molecule has 2 aromatic rings. The molecule has 0 bridgehead atoms. The molecule has 2 heterocycles. The van der Waals surface area contributed by atoms with Crippen molar-refractivity contribution in [2.24, 2.45) is 0 Å². The largest absolute Gasteiger partial charge is 0.348 e. The monoisotopic (exact) mass is 388 g/mol. The first-order valence-corrected chi connectivity index (χ1v) is 10.3.